The van der Waals surface area contributed by atoms with E-state index >= 15 is 0 Å². The molecule has 0 nitrogen and oxygen atoms in total. The van der Waals surface area contributed by atoms with Gasteiger partial charge in [-0.25, -0.2) is 0 Å². The van der Waals surface area contributed by atoms with E-state index in [-0.39, 0.29) is 0 Å². The molecular formula is C22H26S4Si. The van der Waals surface area contributed by atoms with Gasteiger partial charge in [-0.1, -0.05) is 24.4 Å². The van der Waals surface area contributed by atoms with Crippen LogP contribution in [0.4, 0.5) is 0 Å². The Balaban J connectivity index is 0.000000159. The Hall–Kier alpha value is -0.463. The predicted octanol–water partition coefficient (Wildman–Crippen LogP) is 7.12. The Kier molecular flexibility index (Phi) is 7.36. The van der Waals surface area contributed by atoms with Gasteiger partial charge >= 0.3 is 0 Å². The Morgan fingerprint density at radius 2 is 1.26 bits per heavy atom. The maximum absolute atomic E-state index is 2.41. The summed E-state index contributed by atoms with van der Waals surface area (Å²) in [7, 11) is -0.693. The molecule has 0 radical (unpaired) electrons. The van der Waals surface area contributed by atoms with E-state index in [1.54, 1.807) is 5.20 Å². The summed E-state index contributed by atoms with van der Waals surface area (Å²) in [5.41, 5.74) is 5.78. The van der Waals surface area contributed by atoms with Gasteiger partial charge in [0.15, 0.2) is 0 Å². The Morgan fingerprint density at radius 1 is 0.630 bits per heavy atom. The number of hydrogen-bond acceptors (Lipinski definition) is 4. The first-order chi connectivity index (χ1) is 13.0. The van der Waals surface area contributed by atoms with E-state index < -0.39 is 8.80 Å². The molecule has 0 aromatic heterocycles. The molecule has 5 heteroatoms. The lowest BCUT2D eigenvalue weighted by molar-refractivity contribution is 1.64. The van der Waals surface area contributed by atoms with Crippen molar-refractivity contribution in [2.45, 2.75) is 13.1 Å². The average Bonchev–Trinajstić information content (AvgIpc) is 3.40. The average molecular weight is 447 g/mol. The summed E-state index contributed by atoms with van der Waals surface area (Å²) in [6.45, 7) is 4.81. The molecule has 27 heavy (non-hydrogen) atoms. The molecule has 4 aliphatic carbocycles. The molecule has 0 aromatic rings. The summed E-state index contributed by atoms with van der Waals surface area (Å²) in [5, 5.41) is 1.63. The smallest absolute Gasteiger partial charge is 0.0656 e. The number of hydrogen-bond donors (Lipinski definition) is 0. The minimum atomic E-state index is -0.693. The maximum Gasteiger partial charge on any atom is 0.0656 e. The van der Waals surface area contributed by atoms with Crippen LogP contribution < -0.4 is 0 Å². The van der Waals surface area contributed by atoms with Crippen LogP contribution in [0.15, 0.2) is 89.6 Å². The molecule has 0 amide bonds. The Morgan fingerprint density at radius 3 is 1.85 bits per heavy atom. The zero-order valence-corrected chi connectivity index (χ0v) is 21.2. The zero-order valence-electron chi connectivity index (χ0n) is 16.8. The van der Waals surface area contributed by atoms with E-state index in [4.69, 9.17) is 0 Å². The number of allylic oxidation sites excluding steroid dienone is 12. The number of thioether (sulfide) groups is 4. The maximum atomic E-state index is 2.41. The normalized spacial score (nSPS) is 19.6. The highest BCUT2D eigenvalue weighted by Crippen LogP contribution is 2.44. The van der Waals surface area contributed by atoms with Gasteiger partial charge in [0.2, 0.25) is 0 Å². The number of fused-ring (bicyclic) bond motifs is 2. The van der Waals surface area contributed by atoms with Gasteiger partial charge in [0.25, 0.3) is 0 Å². The molecule has 0 unspecified atom stereocenters. The molecule has 0 fully saturated rings. The highest BCUT2D eigenvalue weighted by molar-refractivity contribution is 8.03. The van der Waals surface area contributed by atoms with Crippen molar-refractivity contribution >= 4 is 55.8 Å². The summed E-state index contributed by atoms with van der Waals surface area (Å²) in [6.07, 6.45) is 24.6. The van der Waals surface area contributed by atoms with Crippen molar-refractivity contribution in [3.05, 3.63) is 89.6 Å². The number of rotatable bonds is 5. The second-order valence-corrected chi connectivity index (χ2v) is 13.1. The van der Waals surface area contributed by atoms with Crippen LogP contribution in [0, 0.1) is 0 Å². The van der Waals surface area contributed by atoms with Crippen molar-refractivity contribution in [2.24, 2.45) is 0 Å². The van der Waals surface area contributed by atoms with E-state index in [0.29, 0.717) is 0 Å². The molecule has 0 aliphatic heterocycles. The molecule has 0 atom stereocenters. The van der Waals surface area contributed by atoms with Crippen molar-refractivity contribution in [3.63, 3.8) is 0 Å². The second-order valence-electron chi connectivity index (χ2n) is 6.71. The molecule has 4 rings (SSSR count). The van der Waals surface area contributed by atoms with Gasteiger partial charge in [0, 0.05) is 19.6 Å². The quantitative estimate of drug-likeness (QED) is 0.412. The fourth-order valence-corrected chi connectivity index (χ4v) is 7.05. The van der Waals surface area contributed by atoms with Crippen LogP contribution in [0.25, 0.3) is 0 Å². The van der Waals surface area contributed by atoms with E-state index in [2.05, 4.69) is 80.6 Å². The van der Waals surface area contributed by atoms with Crippen LogP contribution in [-0.4, -0.2) is 33.8 Å². The van der Waals surface area contributed by atoms with Crippen molar-refractivity contribution < 1.29 is 0 Å². The monoisotopic (exact) mass is 446 g/mol. The van der Waals surface area contributed by atoms with Gasteiger partial charge in [0.05, 0.1) is 8.80 Å². The van der Waals surface area contributed by atoms with E-state index in [0.717, 1.165) is 0 Å². The molecule has 0 N–H and O–H groups in total. The summed E-state index contributed by atoms with van der Waals surface area (Å²) < 4.78 is 0. The largest absolute Gasteiger partial charge is 0.130 e. The van der Waals surface area contributed by atoms with E-state index in [9.17, 15) is 0 Å². The summed E-state index contributed by atoms with van der Waals surface area (Å²) in [6, 6.07) is 0. The molecule has 0 saturated heterocycles. The fraction of sp³-hybridized carbons (Fsp3) is 0.273. The van der Waals surface area contributed by atoms with Crippen LogP contribution in [0.1, 0.15) is 0 Å². The lowest BCUT2D eigenvalue weighted by Crippen LogP contribution is -2.03. The Labute approximate surface area is 182 Å². The lowest BCUT2D eigenvalue weighted by atomic mass is 10.2. The molecule has 4 aliphatic rings. The molecule has 0 heterocycles. The molecule has 0 saturated carbocycles. The molecular weight excluding hydrogens is 421 g/mol. The van der Waals surface area contributed by atoms with Gasteiger partial charge < -0.3 is 0 Å². The molecule has 0 spiro atoms. The third-order valence-electron chi connectivity index (χ3n) is 4.83. The first kappa shape index (κ1) is 21.3. The minimum absolute atomic E-state index is 0.693. The third kappa shape index (κ3) is 4.43. The highest BCUT2D eigenvalue weighted by atomic mass is 32.2. The summed E-state index contributed by atoms with van der Waals surface area (Å²) in [4.78, 5) is 5.63. The van der Waals surface area contributed by atoms with Gasteiger partial charge in [-0.2, -0.15) is 0 Å². The SMILES string of the molecule is CSC1=CC2=C([SiH](C)C)C=C(SC)C2=C1.CSC1=CC2=CC=C(SC)C2=C1. The molecule has 0 aromatic carbocycles. The second kappa shape index (κ2) is 9.36. The molecule has 142 valence electrons. The van der Waals surface area contributed by atoms with Crippen LogP contribution in [-0.2, 0) is 0 Å². The standard InChI is InChI=1S/C12H16S2Si.C10H10S2/c1-13-8-5-9-10(6-8)12(15(3)4)7-11(9)14-2;1-11-8-5-7-3-4-10(12-2)9(7)6-8/h5-7,15H,1-4H3;3-6H,1-2H3. The fourth-order valence-electron chi connectivity index (χ4n) is 3.39. The van der Waals surface area contributed by atoms with Crippen molar-refractivity contribution in [1.29, 1.82) is 0 Å². The third-order valence-corrected chi connectivity index (χ3v) is 9.54. The van der Waals surface area contributed by atoms with Crippen LogP contribution in [0.5, 0.6) is 0 Å². The minimum Gasteiger partial charge on any atom is -0.130 e. The molecule has 0 bridgehead atoms. The summed E-state index contributed by atoms with van der Waals surface area (Å²) >= 11 is 7.35. The van der Waals surface area contributed by atoms with E-state index in [1.807, 2.05) is 47.0 Å². The van der Waals surface area contributed by atoms with Crippen molar-refractivity contribution in [3.8, 4) is 0 Å². The first-order valence-corrected chi connectivity index (χ1v) is 16.7. The summed E-state index contributed by atoms with van der Waals surface area (Å²) in [5.74, 6) is 0. The van der Waals surface area contributed by atoms with Crippen LogP contribution >= 0.6 is 47.0 Å². The predicted molar refractivity (Wildman–Crippen MR) is 137 cm³/mol. The van der Waals surface area contributed by atoms with Crippen LogP contribution in [0.3, 0.4) is 0 Å². The van der Waals surface area contributed by atoms with Gasteiger partial charge in [-0.15, -0.1) is 47.0 Å². The van der Waals surface area contributed by atoms with Gasteiger partial charge in [0.1, 0.15) is 0 Å². The first-order valence-electron chi connectivity index (χ1n) is 8.94. The lowest BCUT2D eigenvalue weighted by Gasteiger charge is -2.03. The Bertz CT molecular complexity index is 881. The van der Waals surface area contributed by atoms with Gasteiger partial charge in [-0.3, -0.25) is 0 Å². The topological polar surface area (TPSA) is 0 Å². The van der Waals surface area contributed by atoms with Crippen molar-refractivity contribution in [2.75, 3.05) is 25.0 Å². The zero-order chi connectivity index (χ0) is 19.6. The van der Waals surface area contributed by atoms with Crippen LogP contribution in [0.2, 0.25) is 13.1 Å². The van der Waals surface area contributed by atoms with E-state index in [1.165, 1.54) is 41.9 Å². The van der Waals surface area contributed by atoms with Crippen molar-refractivity contribution in [1.82, 2.24) is 0 Å². The highest BCUT2D eigenvalue weighted by Gasteiger charge is 2.25. The van der Waals surface area contributed by atoms with Gasteiger partial charge in [-0.05, 0) is 83.8 Å².